The summed E-state index contributed by atoms with van der Waals surface area (Å²) in [7, 11) is -8.15. The summed E-state index contributed by atoms with van der Waals surface area (Å²) in [5.74, 6) is 0.430. The van der Waals surface area contributed by atoms with Gasteiger partial charge in [0.2, 0.25) is 0 Å². The molecule has 0 fully saturated rings. The van der Waals surface area contributed by atoms with E-state index in [-0.39, 0.29) is 27.8 Å². The lowest BCUT2D eigenvalue weighted by atomic mass is 10.1. The van der Waals surface area contributed by atoms with Gasteiger partial charge < -0.3 is 4.74 Å². The van der Waals surface area contributed by atoms with Gasteiger partial charge in [0.05, 0.1) is 31.2 Å². The predicted molar refractivity (Wildman–Crippen MR) is 177 cm³/mol. The number of anilines is 2. The number of hydrogen-bond acceptors (Lipinski definition) is 5. The van der Waals surface area contributed by atoms with Crippen molar-refractivity contribution in [1.29, 1.82) is 0 Å². The molecule has 0 aliphatic carbocycles. The molecule has 0 aliphatic rings. The van der Waals surface area contributed by atoms with Crippen molar-refractivity contribution in [2.75, 3.05) is 9.44 Å². The third-order valence-electron chi connectivity index (χ3n) is 6.87. The van der Waals surface area contributed by atoms with Gasteiger partial charge in [-0.05, 0) is 58.8 Å². The first-order valence-electron chi connectivity index (χ1n) is 13.3. The van der Waals surface area contributed by atoms with Crippen LogP contribution in [0.5, 0.6) is 5.75 Å². The highest BCUT2D eigenvalue weighted by Crippen LogP contribution is 2.31. The molecular weight excluding hydrogens is 639 g/mol. The molecule has 11 heteroatoms. The molecule has 6 rings (SSSR count). The smallest absolute Gasteiger partial charge is 0.262 e. The number of sulfonamides is 2. The SMILES string of the molecule is O=S(=O)(Nc1cc(COc2ccc(Cl)c(Cl)c2)cc(NS(=O)(=O)c2cccc3ccccc23)c1)c1cccc2ccccc12. The highest BCUT2D eigenvalue weighted by Gasteiger charge is 2.21. The maximum absolute atomic E-state index is 13.6. The first kappa shape index (κ1) is 29.8. The molecule has 7 nitrogen and oxygen atoms in total. The molecule has 0 aliphatic heterocycles. The standard InChI is InChI=1S/C33H24Cl2N2O5S2/c34-30-16-15-27(20-31(30)35)42-21-22-17-25(36-43(38,39)32-13-5-9-23-7-1-3-11-28(23)32)19-26(18-22)37-44(40,41)33-14-6-10-24-8-2-4-12-29(24)33/h1-20,36-37H,21H2. The molecule has 6 aromatic carbocycles. The second-order valence-electron chi connectivity index (χ2n) is 9.95. The van der Waals surface area contributed by atoms with E-state index in [1.54, 1.807) is 66.7 Å². The van der Waals surface area contributed by atoms with Crippen LogP contribution in [0.4, 0.5) is 11.4 Å². The average Bonchev–Trinajstić information content (AvgIpc) is 3.00. The molecule has 0 bridgehead atoms. The van der Waals surface area contributed by atoms with Gasteiger partial charge in [-0.3, -0.25) is 9.44 Å². The zero-order chi connectivity index (χ0) is 30.9. The van der Waals surface area contributed by atoms with Crippen molar-refractivity contribution in [3.05, 3.63) is 137 Å². The summed E-state index contributed by atoms with van der Waals surface area (Å²) in [5.41, 5.74) is 0.775. The van der Waals surface area contributed by atoms with Gasteiger partial charge in [0, 0.05) is 16.8 Å². The van der Waals surface area contributed by atoms with Crippen LogP contribution in [-0.2, 0) is 26.7 Å². The average molecular weight is 664 g/mol. The highest BCUT2D eigenvalue weighted by molar-refractivity contribution is 7.93. The number of fused-ring (bicyclic) bond motifs is 2. The summed E-state index contributed by atoms with van der Waals surface area (Å²) in [4.78, 5) is 0.178. The summed E-state index contributed by atoms with van der Waals surface area (Å²) >= 11 is 12.1. The lowest BCUT2D eigenvalue weighted by Crippen LogP contribution is -2.16. The van der Waals surface area contributed by atoms with Crippen LogP contribution in [0.25, 0.3) is 21.5 Å². The number of nitrogens with one attached hydrogen (secondary N) is 2. The Morgan fingerprint density at radius 3 is 1.57 bits per heavy atom. The van der Waals surface area contributed by atoms with Gasteiger partial charge in [-0.1, -0.05) is 96.0 Å². The molecule has 0 saturated carbocycles. The lowest BCUT2D eigenvalue weighted by Gasteiger charge is -2.16. The molecule has 222 valence electrons. The van der Waals surface area contributed by atoms with E-state index < -0.39 is 20.0 Å². The zero-order valence-electron chi connectivity index (χ0n) is 22.9. The van der Waals surface area contributed by atoms with E-state index in [0.29, 0.717) is 32.1 Å². The Morgan fingerprint density at radius 1 is 0.545 bits per heavy atom. The number of ether oxygens (including phenoxy) is 1. The number of rotatable bonds is 9. The zero-order valence-corrected chi connectivity index (χ0v) is 26.0. The Bertz CT molecular complexity index is 2120. The topological polar surface area (TPSA) is 102 Å². The largest absolute Gasteiger partial charge is 0.489 e. The minimum Gasteiger partial charge on any atom is -0.489 e. The molecule has 0 spiro atoms. The first-order chi connectivity index (χ1) is 21.1. The summed E-state index contributed by atoms with van der Waals surface area (Å²) in [6.07, 6.45) is 0. The number of halogens is 2. The Hall–Kier alpha value is -4.28. The van der Waals surface area contributed by atoms with Gasteiger partial charge in [-0.15, -0.1) is 0 Å². The summed E-state index contributed by atoms with van der Waals surface area (Å²) in [6.45, 7) is -0.0230. The van der Waals surface area contributed by atoms with Crippen molar-refractivity contribution in [2.45, 2.75) is 16.4 Å². The van der Waals surface area contributed by atoms with Crippen LogP contribution in [0.15, 0.2) is 131 Å². The van der Waals surface area contributed by atoms with Crippen LogP contribution in [0.2, 0.25) is 10.0 Å². The van der Waals surface area contributed by atoms with Gasteiger partial charge in [0.15, 0.2) is 0 Å². The van der Waals surface area contributed by atoms with Crippen LogP contribution in [0.3, 0.4) is 0 Å². The van der Waals surface area contributed by atoms with E-state index in [1.807, 2.05) is 36.4 Å². The van der Waals surface area contributed by atoms with E-state index in [0.717, 1.165) is 10.8 Å². The molecule has 6 aromatic rings. The van der Waals surface area contributed by atoms with Gasteiger partial charge in [0.1, 0.15) is 12.4 Å². The maximum atomic E-state index is 13.6. The Labute approximate surface area is 265 Å². The molecular formula is C33H24Cl2N2O5S2. The predicted octanol–water partition coefficient (Wildman–Crippen LogP) is 8.48. The van der Waals surface area contributed by atoms with Gasteiger partial charge >= 0.3 is 0 Å². The fraction of sp³-hybridized carbons (Fsp3) is 0.0303. The van der Waals surface area contributed by atoms with Crippen LogP contribution < -0.4 is 14.2 Å². The van der Waals surface area contributed by atoms with E-state index in [1.165, 1.54) is 18.2 Å². The monoisotopic (exact) mass is 662 g/mol. The third-order valence-corrected chi connectivity index (χ3v) is 10.5. The molecule has 0 atom stereocenters. The van der Waals surface area contributed by atoms with Crippen LogP contribution in [-0.4, -0.2) is 16.8 Å². The normalized spacial score (nSPS) is 11.9. The maximum Gasteiger partial charge on any atom is 0.262 e. The number of hydrogen-bond donors (Lipinski definition) is 2. The minimum atomic E-state index is -4.08. The minimum absolute atomic E-state index is 0.0230. The summed E-state index contributed by atoms with van der Waals surface area (Å²) < 4.78 is 65.7. The summed E-state index contributed by atoms with van der Waals surface area (Å²) in [6, 6.07) is 33.7. The van der Waals surface area contributed by atoms with Crippen LogP contribution >= 0.6 is 23.2 Å². The van der Waals surface area contributed by atoms with Crippen molar-refractivity contribution in [1.82, 2.24) is 0 Å². The fourth-order valence-corrected chi connectivity index (χ4v) is 7.74. The van der Waals surface area contributed by atoms with E-state index in [4.69, 9.17) is 27.9 Å². The molecule has 0 amide bonds. The molecule has 0 heterocycles. The molecule has 0 unspecified atom stereocenters. The van der Waals surface area contributed by atoms with E-state index >= 15 is 0 Å². The Kier molecular flexibility index (Phi) is 8.13. The quantitative estimate of drug-likeness (QED) is 0.162. The van der Waals surface area contributed by atoms with Gasteiger partial charge in [0.25, 0.3) is 20.0 Å². The van der Waals surface area contributed by atoms with Crippen molar-refractivity contribution in [3.8, 4) is 5.75 Å². The van der Waals surface area contributed by atoms with Crippen molar-refractivity contribution < 1.29 is 21.6 Å². The second-order valence-corrected chi connectivity index (χ2v) is 14.1. The van der Waals surface area contributed by atoms with Crippen molar-refractivity contribution in [2.24, 2.45) is 0 Å². The fourth-order valence-electron chi connectivity index (χ4n) is 4.91. The third kappa shape index (κ3) is 6.32. The Morgan fingerprint density at radius 2 is 1.05 bits per heavy atom. The van der Waals surface area contributed by atoms with Crippen LogP contribution in [0.1, 0.15) is 5.56 Å². The Balaban J connectivity index is 1.38. The van der Waals surface area contributed by atoms with Crippen molar-refractivity contribution >= 4 is 76.2 Å². The van der Waals surface area contributed by atoms with Crippen LogP contribution in [0, 0.1) is 0 Å². The number of benzene rings is 6. The second kappa shape index (κ2) is 12.0. The lowest BCUT2D eigenvalue weighted by molar-refractivity contribution is 0.306. The molecule has 44 heavy (non-hydrogen) atoms. The molecule has 2 N–H and O–H groups in total. The van der Waals surface area contributed by atoms with E-state index in [9.17, 15) is 16.8 Å². The van der Waals surface area contributed by atoms with E-state index in [2.05, 4.69) is 9.44 Å². The highest BCUT2D eigenvalue weighted by atomic mass is 35.5. The molecule has 0 radical (unpaired) electrons. The molecule has 0 aromatic heterocycles. The molecule has 0 saturated heterocycles. The van der Waals surface area contributed by atoms with Gasteiger partial charge in [-0.2, -0.15) is 0 Å². The van der Waals surface area contributed by atoms with Gasteiger partial charge in [-0.25, -0.2) is 16.8 Å². The first-order valence-corrected chi connectivity index (χ1v) is 17.0. The summed E-state index contributed by atoms with van der Waals surface area (Å²) in [5, 5.41) is 3.32. The van der Waals surface area contributed by atoms with Crippen molar-refractivity contribution in [3.63, 3.8) is 0 Å².